The van der Waals surface area contributed by atoms with Gasteiger partial charge in [0.25, 0.3) is 0 Å². The van der Waals surface area contributed by atoms with E-state index >= 15 is 0 Å². The molecule has 0 aliphatic carbocycles. The van der Waals surface area contributed by atoms with Crippen LogP contribution in [-0.4, -0.2) is 49.5 Å². The molecule has 0 aliphatic heterocycles. The van der Waals surface area contributed by atoms with Crippen LogP contribution in [-0.2, 0) is 11.2 Å². The summed E-state index contributed by atoms with van der Waals surface area (Å²) in [7, 11) is 0. The number of aliphatic hydroxyl groups excluding tert-OH is 2. The van der Waals surface area contributed by atoms with Crippen LogP contribution in [0.1, 0.15) is 17.9 Å². The minimum Gasteiger partial charge on any atom is -0.480 e. The second-order valence-corrected chi connectivity index (χ2v) is 4.05. The van der Waals surface area contributed by atoms with Gasteiger partial charge in [0.05, 0.1) is 12.7 Å². The molecule has 0 fully saturated rings. The van der Waals surface area contributed by atoms with Gasteiger partial charge in [-0.15, -0.1) is 0 Å². The molecular formula is C10H17N3O4. The Morgan fingerprint density at radius 3 is 2.76 bits per heavy atom. The molecule has 96 valence electrons. The second kappa shape index (κ2) is 5.26. The fourth-order valence-electron chi connectivity index (χ4n) is 1.46. The maximum absolute atomic E-state index is 10.8. The first-order valence-electron chi connectivity index (χ1n) is 5.22. The van der Waals surface area contributed by atoms with Crippen LogP contribution in [0.2, 0.25) is 0 Å². The topological polar surface area (TPSA) is 132 Å². The number of carboxylic acid groups (broad SMARTS) is 1. The highest BCUT2D eigenvalue weighted by Crippen LogP contribution is 2.13. The van der Waals surface area contributed by atoms with Gasteiger partial charge in [-0.05, 0) is 19.8 Å². The van der Waals surface area contributed by atoms with E-state index in [1.165, 1.54) is 0 Å². The Kier molecular flexibility index (Phi) is 4.22. The normalized spacial score (nSPS) is 16.5. The van der Waals surface area contributed by atoms with E-state index in [4.69, 9.17) is 15.9 Å². The first-order valence-corrected chi connectivity index (χ1v) is 5.22. The lowest BCUT2D eigenvalue weighted by Gasteiger charge is -2.27. The molecule has 0 bridgehead atoms. The van der Waals surface area contributed by atoms with Gasteiger partial charge in [-0.1, -0.05) is 0 Å². The molecule has 2 atom stereocenters. The standard InChI is InChI=1S/C10H17N3O4/c1-6-12-4-7(13-6)2-3-8(15)10(11,5-14)9(16)17/h4,8,14-15H,2-3,5,11H2,1H3,(H,12,13)(H,16,17). The molecule has 6 N–H and O–H groups in total. The van der Waals surface area contributed by atoms with Crippen molar-refractivity contribution in [3.8, 4) is 0 Å². The highest BCUT2D eigenvalue weighted by atomic mass is 16.4. The first-order chi connectivity index (χ1) is 7.90. The number of carbonyl (C=O) groups is 1. The number of aryl methyl sites for hydroxylation is 2. The number of aromatic nitrogens is 2. The molecule has 0 amide bonds. The molecule has 0 aliphatic rings. The Morgan fingerprint density at radius 2 is 2.35 bits per heavy atom. The van der Waals surface area contributed by atoms with Crippen molar-refractivity contribution in [1.82, 2.24) is 9.97 Å². The number of aliphatic carboxylic acids is 1. The largest absolute Gasteiger partial charge is 0.480 e. The van der Waals surface area contributed by atoms with Gasteiger partial charge in [-0.2, -0.15) is 0 Å². The lowest BCUT2D eigenvalue weighted by molar-refractivity contribution is -0.150. The number of aliphatic hydroxyl groups is 2. The Bertz CT molecular complexity index is 393. The molecule has 0 radical (unpaired) electrons. The third-order valence-corrected chi connectivity index (χ3v) is 2.70. The molecule has 2 unspecified atom stereocenters. The summed E-state index contributed by atoms with van der Waals surface area (Å²) >= 11 is 0. The molecule has 1 aromatic rings. The number of H-pyrrole nitrogens is 1. The van der Waals surface area contributed by atoms with Crippen LogP contribution in [0.5, 0.6) is 0 Å². The van der Waals surface area contributed by atoms with Crippen molar-refractivity contribution >= 4 is 5.97 Å². The van der Waals surface area contributed by atoms with Crippen molar-refractivity contribution in [1.29, 1.82) is 0 Å². The Hall–Kier alpha value is -1.44. The monoisotopic (exact) mass is 243 g/mol. The quantitative estimate of drug-likeness (QED) is 0.425. The maximum atomic E-state index is 10.8. The summed E-state index contributed by atoms with van der Waals surface area (Å²) in [5.74, 6) is -0.679. The van der Waals surface area contributed by atoms with Crippen LogP contribution in [0.3, 0.4) is 0 Å². The summed E-state index contributed by atoms with van der Waals surface area (Å²) in [5, 5.41) is 27.5. The number of aromatic amines is 1. The minimum absolute atomic E-state index is 0.130. The van der Waals surface area contributed by atoms with Crippen LogP contribution >= 0.6 is 0 Å². The van der Waals surface area contributed by atoms with Crippen molar-refractivity contribution in [2.24, 2.45) is 5.73 Å². The molecule has 17 heavy (non-hydrogen) atoms. The van der Waals surface area contributed by atoms with E-state index < -0.39 is 24.2 Å². The van der Waals surface area contributed by atoms with Crippen molar-refractivity contribution in [3.05, 3.63) is 17.7 Å². The van der Waals surface area contributed by atoms with Crippen molar-refractivity contribution in [3.63, 3.8) is 0 Å². The molecule has 0 spiro atoms. The summed E-state index contributed by atoms with van der Waals surface area (Å²) in [6.45, 7) is 0.976. The second-order valence-electron chi connectivity index (χ2n) is 4.05. The lowest BCUT2D eigenvalue weighted by atomic mass is 9.91. The zero-order valence-corrected chi connectivity index (χ0v) is 9.55. The third kappa shape index (κ3) is 3.02. The summed E-state index contributed by atoms with van der Waals surface area (Å²) in [6.07, 6.45) is 0.827. The molecule has 1 rings (SSSR count). The molecule has 7 nitrogen and oxygen atoms in total. The number of imidazole rings is 1. The predicted molar refractivity (Wildman–Crippen MR) is 59.3 cm³/mol. The van der Waals surface area contributed by atoms with Gasteiger partial charge in [0, 0.05) is 11.9 Å². The molecule has 7 heteroatoms. The van der Waals surface area contributed by atoms with Crippen LogP contribution in [0.25, 0.3) is 0 Å². The van der Waals surface area contributed by atoms with Crippen LogP contribution < -0.4 is 5.73 Å². The van der Waals surface area contributed by atoms with Gasteiger partial charge in [0.2, 0.25) is 0 Å². The molecule has 0 saturated heterocycles. The van der Waals surface area contributed by atoms with Gasteiger partial charge in [-0.3, -0.25) is 4.79 Å². The number of rotatable bonds is 6. The average Bonchev–Trinajstić information content (AvgIpc) is 2.70. The maximum Gasteiger partial charge on any atom is 0.328 e. The fourth-order valence-corrected chi connectivity index (χ4v) is 1.46. The van der Waals surface area contributed by atoms with E-state index in [1.54, 1.807) is 13.1 Å². The Labute approximate surface area is 98.3 Å². The third-order valence-electron chi connectivity index (χ3n) is 2.70. The van der Waals surface area contributed by atoms with Gasteiger partial charge in [0.15, 0.2) is 5.54 Å². The van der Waals surface area contributed by atoms with Gasteiger partial charge in [-0.25, -0.2) is 4.98 Å². The number of carboxylic acids is 1. The Morgan fingerprint density at radius 1 is 1.71 bits per heavy atom. The lowest BCUT2D eigenvalue weighted by Crippen LogP contribution is -2.60. The molecule has 0 aromatic carbocycles. The van der Waals surface area contributed by atoms with Gasteiger partial charge in [0.1, 0.15) is 5.82 Å². The molecule has 1 aromatic heterocycles. The molecule has 0 saturated carbocycles. The fraction of sp³-hybridized carbons (Fsp3) is 0.600. The predicted octanol–water partition coefficient (Wildman–Crippen LogP) is -1.21. The zero-order chi connectivity index (χ0) is 13.1. The van der Waals surface area contributed by atoms with E-state index in [2.05, 4.69) is 9.97 Å². The molecular weight excluding hydrogens is 226 g/mol. The van der Waals surface area contributed by atoms with Gasteiger partial charge < -0.3 is 26.0 Å². The number of nitrogens with zero attached hydrogens (tertiary/aromatic N) is 1. The van der Waals surface area contributed by atoms with Crippen LogP contribution in [0.4, 0.5) is 0 Å². The first kappa shape index (κ1) is 13.6. The van der Waals surface area contributed by atoms with Crippen LogP contribution in [0.15, 0.2) is 6.20 Å². The Balaban J connectivity index is 2.59. The highest BCUT2D eigenvalue weighted by Gasteiger charge is 2.40. The van der Waals surface area contributed by atoms with E-state index in [-0.39, 0.29) is 6.42 Å². The summed E-state index contributed by atoms with van der Waals surface area (Å²) < 4.78 is 0. The smallest absolute Gasteiger partial charge is 0.328 e. The van der Waals surface area contributed by atoms with Crippen molar-refractivity contribution in [2.75, 3.05) is 6.61 Å². The van der Waals surface area contributed by atoms with E-state index in [0.717, 1.165) is 11.5 Å². The summed E-state index contributed by atoms with van der Waals surface area (Å²) in [5.41, 5.74) is 4.19. The molecule has 1 heterocycles. The van der Waals surface area contributed by atoms with E-state index in [9.17, 15) is 9.90 Å². The van der Waals surface area contributed by atoms with Crippen molar-refractivity contribution < 1.29 is 20.1 Å². The van der Waals surface area contributed by atoms with Gasteiger partial charge >= 0.3 is 5.97 Å². The van der Waals surface area contributed by atoms with E-state index in [0.29, 0.717) is 6.42 Å². The average molecular weight is 243 g/mol. The summed E-state index contributed by atoms with van der Waals surface area (Å²) in [6, 6.07) is 0. The number of hydrogen-bond acceptors (Lipinski definition) is 5. The van der Waals surface area contributed by atoms with Crippen LogP contribution in [0, 0.1) is 6.92 Å². The minimum atomic E-state index is -2.02. The summed E-state index contributed by atoms with van der Waals surface area (Å²) in [4.78, 5) is 17.8. The number of nitrogens with two attached hydrogens (primary N) is 1. The number of nitrogens with one attached hydrogen (secondary N) is 1. The van der Waals surface area contributed by atoms with E-state index in [1.807, 2.05) is 0 Å². The highest BCUT2D eigenvalue weighted by molar-refractivity contribution is 5.79. The zero-order valence-electron chi connectivity index (χ0n) is 9.55. The van der Waals surface area contributed by atoms with Crippen molar-refractivity contribution in [2.45, 2.75) is 31.4 Å². The SMILES string of the molecule is Cc1ncc(CCC(O)C(N)(CO)C(=O)O)[nH]1. The number of hydrogen-bond donors (Lipinski definition) is 5.